The van der Waals surface area contributed by atoms with Crippen LogP contribution in [0, 0.1) is 0 Å². The summed E-state index contributed by atoms with van der Waals surface area (Å²) in [6, 6.07) is 0. The monoisotopic (exact) mass is 230 g/mol. The van der Waals surface area contributed by atoms with Gasteiger partial charge in [0.05, 0.1) is 13.1 Å². The highest BCUT2D eigenvalue weighted by atomic mass is 16.4. The highest BCUT2D eigenvalue weighted by Gasteiger charge is 2.10. The fraction of sp³-hybridized carbons (Fsp3) is 0.818. The molecule has 94 valence electrons. The van der Waals surface area contributed by atoms with Crippen molar-refractivity contribution in [3.8, 4) is 0 Å². The molecule has 0 aliphatic rings. The summed E-state index contributed by atoms with van der Waals surface area (Å²) in [5.74, 6) is -0.667. The first kappa shape index (κ1) is 15.1. The van der Waals surface area contributed by atoms with Crippen LogP contribution in [0.15, 0.2) is 0 Å². The number of carbonyl (C=O) groups excluding carboxylic acids is 1. The maximum atomic E-state index is 11.0. The van der Waals surface area contributed by atoms with Gasteiger partial charge in [0, 0.05) is 13.1 Å². The second-order valence-corrected chi connectivity index (χ2v) is 3.83. The number of carboxylic acid groups (broad SMARTS) is 1. The lowest BCUT2D eigenvalue weighted by molar-refractivity contribution is -0.138. The normalized spacial score (nSPS) is 11.1. The summed E-state index contributed by atoms with van der Waals surface area (Å²) in [7, 11) is 0. The number of Topliss-reactive ketones (excluding diaryl/α,β-unsaturated/α-hetero) is 1. The summed E-state index contributed by atoms with van der Waals surface area (Å²) in [6.45, 7) is 8.95. The minimum absolute atomic E-state index is 0.0636. The number of carbonyl (C=O) groups is 2. The molecule has 0 radical (unpaired) electrons. The molecule has 1 N–H and O–H groups in total. The first-order valence-electron chi connectivity index (χ1n) is 5.65. The number of rotatable bonds is 9. The van der Waals surface area contributed by atoms with Crippen molar-refractivity contribution in [1.29, 1.82) is 0 Å². The zero-order valence-electron chi connectivity index (χ0n) is 10.4. The average molecular weight is 230 g/mol. The maximum absolute atomic E-state index is 11.0. The molecule has 0 saturated heterocycles. The van der Waals surface area contributed by atoms with E-state index in [2.05, 4.69) is 0 Å². The van der Waals surface area contributed by atoms with E-state index in [1.54, 1.807) is 6.92 Å². The van der Waals surface area contributed by atoms with Gasteiger partial charge in [0.15, 0.2) is 0 Å². The molecule has 0 aliphatic carbocycles. The van der Waals surface area contributed by atoms with Crippen LogP contribution in [0.1, 0.15) is 20.8 Å². The molecule has 0 unspecified atom stereocenters. The van der Waals surface area contributed by atoms with E-state index >= 15 is 0 Å². The molecule has 0 atom stereocenters. The molecule has 0 rings (SSSR count). The van der Waals surface area contributed by atoms with E-state index in [0.29, 0.717) is 19.6 Å². The number of hydrogen-bond donors (Lipinski definition) is 1. The molecule has 0 heterocycles. The van der Waals surface area contributed by atoms with Crippen molar-refractivity contribution in [2.75, 3.05) is 39.3 Å². The summed E-state index contributed by atoms with van der Waals surface area (Å²) in [6.07, 6.45) is 0. The highest BCUT2D eigenvalue weighted by Crippen LogP contribution is 1.93. The van der Waals surface area contributed by atoms with Gasteiger partial charge < -0.3 is 5.11 Å². The van der Waals surface area contributed by atoms with Gasteiger partial charge in [-0.05, 0) is 20.0 Å². The van der Waals surface area contributed by atoms with Crippen molar-refractivity contribution in [2.24, 2.45) is 0 Å². The second kappa shape index (κ2) is 8.24. The van der Waals surface area contributed by atoms with Gasteiger partial charge in [0.1, 0.15) is 5.78 Å². The van der Waals surface area contributed by atoms with Gasteiger partial charge in [-0.15, -0.1) is 0 Å². The smallest absolute Gasteiger partial charge is 0.317 e. The van der Waals surface area contributed by atoms with Gasteiger partial charge in [0.2, 0.25) is 0 Å². The molecule has 0 fully saturated rings. The van der Waals surface area contributed by atoms with E-state index in [-0.39, 0.29) is 12.3 Å². The van der Waals surface area contributed by atoms with Crippen molar-refractivity contribution in [1.82, 2.24) is 9.80 Å². The fourth-order valence-corrected chi connectivity index (χ4v) is 1.49. The summed E-state index contributed by atoms with van der Waals surface area (Å²) in [5, 5.41) is 8.67. The molecule has 0 saturated carbocycles. The predicted molar refractivity (Wildman–Crippen MR) is 62.5 cm³/mol. The van der Waals surface area contributed by atoms with Crippen molar-refractivity contribution < 1.29 is 14.7 Å². The molecule has 0 amide bonds. The minimum Gasteiger partial charge on any atom is -0.480 e. The summed E-state index contributed by atoms with van der Waals surface area (Å²) >= 11 is 0. The summed E-state index contributed by atoms with van der Waals surface area (Å²) in [4.78, 5) is 25.4. The van der Waals surface area contributed by atoms with Gasteiger partial charge in [-0.1, -0.05) is 13.8 Å². The molecule has 0 bridgehead atoms. The zero-order chi connectivity index (χ0) is 12.6. The largest absolute Gasteiger partial charge is 0.480 e. The predicted octanol–water partition coefficient (Wildman–Crippen LogP) is 0.304. The molecule has 0 aliphatic heterocycles. The number of likely N-dealkylation sites (N-methyl/N-ethyl adjacent to an activating group) is 2. The van der Waals surface area contributed by atoms with E-state index < -0.39 is 5.97 Å². The number of ketones is 1. The van der Waals surface area contributed by atoms with Crippen LogP contribution >= 0.6 is 0 Å². The quantitative estimate of drug-likeness (QED) is 0.617. The molecular weight excluding hydrogens is 208 g/mol. The summed E-state index contributed by atoms with van der Waals surface area (Å²) in [5.41, 5.74) is 0. The number of hydrogen-bond acceptors (Lipinski definition) is 4. The van der Waals surface area contributed by atoms with Crippen molar-refractivity contribution in [3.63, 3.8) is 0 Å². The molecule has 0 aromatic heterocycles. The van der Waals surface area contributed by atoms with Crippen LogP contribution in [0.3, 0.4) is 0 Å². The number of aliphatic carboxylic acids is 1. The van der Waals surface area contributed by atoms with E-state index in [0.717, 1.165) is 13.1 Å². The third-order valence-electron chi connectivity index (χ3n) is 2.43. The lowest BCUT2D eigenvalue weighted by Gasteiger charge is -2.24. The van der Waals surface area contributed by atoms with Crippen LogP contribution in [0.4, 0.5) is 0 Å². The molecule has 0 aromatic rings. The highest BCUT2D eigenvalue weighted by molar-refractivity contribution is 5.77. The van der Waals surface area contributed by atoms with E-state index in [1.807, 2.05) is 23.6 Å². The Morgan fingerprint density at radius 3 is 1.75 bits per heavy atom. The third-order valence-corrected chi connectivity index (χ3v) is 2.43. The van der Waals surface area contributed by atoms with Gasteiger partial charge in [-0.3, -0.25) is 19.4 Å². The van der Waals surface area contributed by atoms with Gasteiger partial charge in [0.25, 0.3) is 0 Å². The van der Waals surface area contributed by atoms with Gasteiger partial charge >= 0.3 is 5.97 Å². The maximum Gasteiger partial charge on any atom is 0.317 e. The van der Waals surface area contributed by atoms with Crippen LogP contribution in [-0.2, 0) is 9.59 Å². The molecule has 5 heteroatoms. The Balaban J connectivity index is 3.96. The fourth-order valence-electron chi connectivity index (χ4n) is 1.49. The van der Waals surface area contributed by atoms with Crippen LogP contribution < -0.4 is 0 Å². The van der Waals surface area contributed by atoms with Crippen molar-refractivity contribution >= 4 is 11.8 Å². The first-order valence-corrected chi connectivity index (χ1v) is 5.65. The lowest BCUT2D eigenvalue weighted by Crippen LogP contribution is -2.39. The molecule has 0 spiro atoms. The van der Waals surface area contributed by atoms with E-state index in [4.69, 9.17) is 5.11 Å². The topological polar surface area (TPSA) is 60.9 Å². The van der Waals surface area contributed by atoms with E-state index in [9.17, 15) is 9.59 Å². The molecule has 0 aromatic carbocycles. The Morgan fingerprint density at radius 1 is 1.00 bits per heavy atom. The lowest BCUT2D eigenvalue weighted by atomic mass is 10.3. The minimum atomic E-state index is -0.809. The summed E-state index contributed by atoms with van der Waals surface area (Å²) < 4.78 is 0. The van der Waals surface area contributed by atoms with E-state index in [1.165, 1.54) is 0 Å². The first-order chi connectivity index (χ1) is 7.49. The Kier molecular flexibility index (Phi) is 7.76. The standard InChI is InChI=1S/C11H22N2O3/c1-4-12(8-10(3)14)6-7-13(5-2)9-11(15)16/h4-9H2,1-3H3,(H,15,16). The third kappa shape index (κ3) is 7.36. The molecular formula is C11H22N2O3. The number of nitrogens with zero attached hydrogens (tertiary/aromatic N) is 2. The zero-order valence-corrected chi connectivity index (χ0v) is 10.4. The second-order valence-electron chi connectivity index (χ2n) is 3.83. The Morgan fingerprint density at radius 2 is 1.44 bits per heavy atom. The SMILES string of the molecule is CCN(CCN(CC)CC(=O)O)CC(C)=O. The van der Waals surface area contributed by atoms with Crippen LogP contribution in [0.25, 0.3) is 0 Å². The van der Waals surface area contributed by atoms with Gasteiger partial charge in [-0.25, -0.2) is 0 Å². The van der Waals surface area contributed by atoms with Gasteiger partial charge in [-0.2, -0.15) is 0 Å². The Bertz CT molecular complexity index is 207. The average Bonchev–Trinajstić information content (AvgIpc) is 2.20. The molecule has 5 nitrogen and oxygen atoms in total. The van der Waals surface area contributed by atoms with Crippen LogP contribution in [0.2, 0.25) is 0 Å². The van der Waals surface area contributed by atoms with Crippen LogP contribution in [-0.4, -0.2) is 65.9 Å². The van der Waals surface area contributed by atoms with Crippen molar-refractivity contribution in [3.05, 3.63) is 0 Å². The molecule has 16 heavy (non-hydrogen) atoms. The Hall–Kier alpha value is -0.940. The van der Waals surface area contributed by atoms with Crippen LogP contribution in [0.5, 0.6) is 0 Å². The Labute approximate surface area is 97.0 Å². The number of carboxylic acids is 1. The van der Waals surface area contributed by atoms with Crippen molar-refractivity contribution in [2.45, 2.75) is 20.8 Å².